The molecule has 0 aliphatic heterocycles. The first-order chi connectivity index (χ1) is 14.0. The van der Waals surface area contributed by atoms with E-state index in [9.17, 15) is 14.4 Å². The largest absolute Gasteiger partial charge is 0.494 e. The monoisotopic (exact) mass is 393 g/mol. The SMILES string of the molecule is COc1ccc(C(=O)NCCCc2nn(-c3ccccc3)c(N)c2C#N)cc1F. The molecule has 0 fully saturated rings. The van der Waals surface area contributed by atoms with Gasteiger partial charge in [0, 0.05) is 12.1 Å². The van der Waals surface area contributed by atoms with Crippen molar-refractivity contribution >= 4 is 11.7 Å². The number of carbonyl (C=O) groups excluding carboxylic acids is 1. The molecule has 0 saturated carbocycles. The summed E-state index contributed by atoms with van der Waals surface area (Å²) in [6, 6.07) is 15.4. The van der Waals surface area contributed by atoms with Gasteiger partial charge in [-0.05, 0) is 43.2 Å². The lowest BCUT2D eigenvalue weighted by Gasteiger charge is -2.07. The van der Waals surface area contributed by atoms with Crippen LogP contribution < -0.4 is 15.8 Å². The summed E-state index contributed by atoms with van der Waals surface area (Å²) >= 11 is 0. The van der Waals surface area contributed by atoms with Crippen LogP contribution in [-0.2, 0) is 6.42 Å². The molecule has 29 heavy (non-hydrogen) atoms. The number of nitrogen functional groups attached to an aromatic ring is 1. The summed E-state index contributed by atoms with van der Waals surface area (Å²) in [7, 11) is 1.36. The number of hydrogen-bond donors (Lipinski definition) is 2. The number of benzene rings is 2. The standard InChI is InChI=1S/C21H20FN5O2/c1-29-19-10-9-14(12-17(19)22)21(28)25-11-5-8-18-16(13-23)20(24)27(26-18)15-6-3-2-4-7-15/h2-4,6-7,9-10,12H,5,8,11,24H2,1H3,(H,25,28). The minimum atomic E-state index is -0.597. The second-order valence-electron chi connectivity index (χ2n) is 6.27. The smallest absolute Gasteiger partial charge is 0.251 e. The molecule has 1 amide bonds. The number of ether oxygens (including phenoxy) is 1. The number of carbonyl (C=O) groups is 1. The Labute approximate surface area is 167 Å². The fourth-order valence-electron chi connectivity index (χ4n) is 2.91. The van der Waals surface area contributed by atoms with Crippen molar-refractivity contribution in [1.29, 1.82) is 5.26 Å². The number of methoxy groups -OCH3 is 1. The molecule has 0 bridgehead atoms. The van der Waals surface area contributed by atoms with Gasteiger partial charge in [-0.1, -0.05) is 18.2 Å². The molecule has 148 valence electrons. The second kappa shape index (κ2) is 8.89. The number of nitriles is 1. The maximum absolute atomic E-state index is 13.7. The van der Waals surface area contributed by atoms with Gasteiger partial charge >= 0.3 is 0 Å². The van der Waals surface area contributed by atoms with Gasteiger partial charge in [0.15, 0.2) is 11.6 Å². The van der Waals surface area contributed by atoms with Crippen molar-refractivity contribution < 1.29 is 13.9 Å². The summed E-state index contributed by atoms with van der Waals surface area (Å²) in [5.41, 5.74) is 7.95. The van der Waals surface area contributed by atoms with Gasteiger partial charge in [-0.15, -0.1) is 0 Å². The molecular formula is C21H20FN5O2. The molecule has 3 N–H and O–H groups in total. The molecule has 0 unspecified atom stereocenters. The summed E-state index contributed by atoms with van der Waals surface area (Å²) < 4.78 is 20.1. The number of nitrogens with one attached hydrogen (secondary N) is 1. The van der Waals surface area contributed by atoms with E-state index in [0.717, 1.165) is 11.8 Å². The van der Waals surface area contributed by atoms with Crippen molar-refractivity contribution in [2.45, 2.75) is 12.8 Å². The highest BCUT2D eigenvalue weighted by atomic mass is 19.1. The Balaban J connectivity index is 1.61. The Bertz CT molecular complexity index is 1060. The van der Waals surface area contributed by atoms with E-state index < -0.39 is 5.82 Å². The summed E-state index contributed by atoms with van der Waals surface area (Å²) in [5.74, 6) is -0.620. The van der Waals surface area contributed by atoms with Crippen LogP contribution in [0.4, 0.5) is 10.2 Å². The average Bonchev–Trinajstić information content (AvgIpc) is 3.06. The fraction of sp³-hybridized carbons (Fsp3) is 0.190. The van der Waals surface area contributed by atoms with E-state index in [2.05, 4.69) is 16.5 Å². The highest BCUT2D eigenvalue weighted by Gasteiger charge is 2.16. The first-order valence-corrected chi connectivity index (χ1v) is 8.99. The number of para-hydroxylation sites is 1. The van der Waals surface area contributed by atoms with Crippen LogP contribution in [0.1, 0.15) is 28.0 Å². The van der Waals surface area contributed by atoms with Crippen molar-refractivity contribution in [2.75, 3.05) is 19.4 Å². The summed E-state index contributed by atoms with van der Waals surface area (Å²) in [5, 5.41) is 16.6. The molecule has 0 spiro atoms. The van der Waals surface area contributed by atoms with E-state index in [1.807, 2.05) is 30.3 Å². The van der Waals surface area contributed by atoms with Crippen LogP contribution in [-0.4, -0.2) is 29.3 Å². The molecule has 8 heteroatoms. The van der Waals surface area contributed by atoms with E-state index in [0.29, 0.717) is 30.6 Å². The predicted molar refractivity (Wildman–Crippen MR) is 106 cm³/mol. The van der Waals surface area contributed by atoms with Gasteiger partial charge in [-0.2, -0.15) is 10.4 Å². The minimum absolute atomic E-state index is 0.0807. The Morgan fingerprint density at radius 3 is 2.72 bits per heavy atom. The summed E-state index contributed by atoms with van der Waals surface area (Å²) in [6.07, 6.45) is 1.01. The van der Waals surface area contributed by atoms with Crippen LogP contribution in [0.15, 0.2) is 48.5 Å². The quantitative estimate of drug-likeness (QED) is 0.601. The second-order valence-corrected chi connectivity index (χ2v) is 6.27. The molecule has 0 aliphatic rings. The van der Waals surface area contributed by atoms with Gasteiger partial charge in [0.25, 0.3) is 5.91 Å². The van der Waals surface area contributed by atoms with Gasteiger partial charge in [-0.25, -0.2) is 9.07 Å². The number of anilines is 1. The van der Waals surface area contributed by atoms with Crippen LogP contribution in [0, 0.1) is 17.1 Å². The van der Waals surface area contributed by atoms with Crippen LogP contribution in [0.2, 0.25) is 0 Å². The summed E-state index contributed by atoms with van der Waals surface area (Å²) in [4.78, 5) is 12.2. The number of amides is 1. The topological polar surface area (TPSA) is 106 Å². The minimum Gasteiger partial charge on any atom is -0.494 e. The Morgan fingerprint density at radius 2 is 2.07 bits per heavy atom. The Hall–Kier alpha value is -3.86. The molecular weight excluding hydrogens is 373 g/mol. The molecule has 1 heterocycles. The number of halogens is 1. The zero-order chi connectivity index (χ0) is 20.8. The number of nitrogens with two attached hydrogens (primary N) is 1. The molecule has 2 aromatic carbocycles. The van der Waals surface area contributed by atoms with Gasteiger partial charge in [0.1, 0.15) is 17.5 Å². The van der Waals surface area contributed by atoms with Gasteiger partial charge in [0.2, 0.25) is 0 Å². The van der Waals surface area contributed by atoms with E-state index in [4.69, 9.17) is 10.5 Å². The van der Waals surface area contributed by atoms with Gasteiger partial charge in [0.05, 0.1) is 18.5 Å². The van der Waals surface area contributed by atoms with Gasteiger partial charge in [-0.3, -0.25) is 4.79 Å². The number of rotatable bonds is 7. The molecule has 3 aromatic rings. The number of hydrogen-bond acceptors (Lipinski definition) is 5. The lowest BCUT2D eigenvalue weighted by Crippen LogP contribution is -2.25. The molecule has 7 nitrogen and oxygen atoms in total. The molecule has 0 radical (unpaired) electrons. The summed E-state index contributed by atoms with van der Waals surface area (Å²) in [6.45, 7) is 0.343. The van der Waals surface area contributed by atoms with E-state index in [1.165, 1.54) is 23.9 Å². The third-order valence-corrected chi connectivity index (χ3v) is 4.40. The third kappa shape index (κ3) is 4.35. The van der Waals surface area contributed by atoms with Crippen LogP contribution >= 0.6 is 0 Å². The Morgan fingerprint density at radius 1 is 1.31 bits per heavy atom. The van der Waals surface area contributed by atoms with E-state index in [1.54, 1.807) is 0 Å². The lowest BCUT2D eigenvalue weighted by atomic mass is 10.1. The molecule has 0 saturated heterocycles. The molecule has 0 atom stereocenters. The number of aromatic nitrogens is 2. The molecule has 0 aliphatic carbocycles. The maximum Gasteiger partial charge on any atom is 0.251 e. The van der Waals surface area contributed by atoms with E-state index in [-0.39, 0.29) is 23.0 Å². The van der Waals surface area contributed by atoms with Gasteiger partial charge < -0.3 is 15.8 Å². The van der Waals surface area contributed by atoms with Crippen LogP contribution in [0.5, 0.6) is 5.75 Å². The van der Waals surface area contributed by atoms with Crippen LogP contribution in [0.3, 0.4) is 0 Å². The highest BCUT2D eigenvalue weighted by molar-refractivity contribution is 5.94. The highest BCUT2D eigenvalue weighted by Crippen LogP contribution is 2.21. The molecule has 1 aromatic heterocycles. The fourth-order valence-corrected chi connectivity index (χ4v) is 2.91. The zero-order valence-electron chi connectivity index (χ0n) is 15.9. The molecule has 3 rings (SSSR count). The first-order valence-electron chi connectivity index (χ1n) is 8.99. The number of aryl methyl sites for hydroxylation is 1. The lowest BCUT2D eigenvalue weighted by molar-refractivity contribution is 0.0952. The average molecular weight is 393 g/mol. The Kier molecular flexibility index (Phi) is 6.09. The van der Waals surface area contributed by atoms with Crippen molar-refractivity contribution in [3.8, 4) is 17.5 Å². The predicted octanol–water partition coefficient (Wildman–Crippen LogP) is 2.84. The van der Waals surface area contributed by atoms with Crippen LogP contribution in [0.25, 0.3) is 5.69 Å². The maximum atomic E-state index is 13.7. The van der Waals surface area contributed by atoms with Crippen molar-refractivity contribution in [3.05, 3.63) is 71.2 Å². The van der Waals surface area contributed by atoms with E-state index >= 15 is 0 Å². The number of nitrogens with zero attached hydrogens (tertiary/aromatic N) is 3. The third-order valence-electron chi connectivity index (χ3n) is 4.40. The normalized spacial score (nSPS) is 10.4. The first kappa shape index (κ1) is 19.9. The van der Waals surface area contributed by atoms with Crippen molar-refractivity contribution in [3.63, 3.8) is 0 Å². The van der Waals surface area contributed by atoms with Crippen molar-refractivity contribution in [2.24, 2.45) is 0 Å². The van der Waals surface area contributed by atoms with Crippen molar-refractivity contribution in [1.82, 2.24) is 15.1 Å². The zero-order valence-corrected chi connectivity index (χ0v) is 15.9.